The van der Waals surface area contributed by atoms with Crippen molar-refractivity contribution in [3.63, 3.8) is 0 Å². The van der Waals surface area contributed by atoms with Crippen molar-refractivity contribution in [3.05, 3.63) is 77.4 Å². The fourth-order valence-corrected chi connectivity index (χ4v) is 4.55. The van der Waals surface area contributed by atoms with E-state index in [-0.39, 0.29) is 17.1 Å². The minimum atomic E-state index is -0.879. The van der Waals surface area contributed by atoms with Crippen molar-refractivity contribution in [1.82, 2.24) is 9.88 Å². The fraction of sp³-hybridized carbons (Fsp3) is 0.308. The number of halogens is 3. The van der Waals surface area contributed by atoms with E-state index in [0.29, 0.717) is 25.4 Å². The maximum Gasteiger partial charge on any atom is 0.257 e. The molecule has 2 heterocycles. The lowest BCUT2D eigenvalue weighted by molar-refractivity contribution is 0.0619. The number of hydrogen-bond donors (Lipinski definition) is 0. The Morgan fingerprint density at radius 2 is 1.74 bits per heavy atom. The molecule has 5 rings (SSSR count). The first-order chi connectivity index (χ1) is 16.8. The predicted molar refractivity (Wildman–Crippen MR) is 124 cm³/mol. The van der Waals surface area contributed by atoms with E-state index in [1.54, 1.807) is 18.2 Å². The van der Waals surface area contributed by atoms with Crippen LogP contribution in [-0.4, -0.2) is 48.1 Å². The Bertz CT molecular complexity index is 1280. The number of ether oxygens (including phenoxy) is 2. The first-order valence-electron chi connectivity index (χ1n) is 11.3. The number of pyridine rings is 1. The number of rotatable bonds is 5. The average molecular weight is 483 g/mol. The third kappa shape index (κ3) is 4.38. The topological polar surface area (TPSA) is 54.9 Å². The van der Waals surface area contributed by atoms with Crippen molar-refractivity contribution in [2.45, 2.75) is 25.3 Å². The van der Waals surface area contributed by atoms with Crippen molar-refractivity contribution in [1.29, 1.82) is 0 Å². The second kappa shape index (κ2) is 8.79. The Balaban J connectivity index is 1.35. The lowest BCUT2D eigenvalue weighted by Crippen LogP contribution is -2.57. The normalized spacial score (nSPS) is 16.4. The number of methoxy groups -OCH3 is 1. The summed E-state index contributed by atoms with van der Waals surface area (Å²) in [6, 6.07) is 8.49. The lowest BCUT2D eigenvalue weighted by Gasteiger charge is -2.43. The SMILES string of the molecule is COc1cc(C)ncc1N1CCN(C(=O)c2cc(F)c(Oc3ccc(F)cc3)cc2F)C2(CC2)C1. The van der Waals surface area contributed by atoms with Gasteiger partial charge in [0.05, 0.1) is 30.1 Å². The smallest absolute Gasteiger partial charge is 0.257 e. The number of anilines is 1. The van der Waals surface area contributed by atoms with Crippen LogP contribution in [0.1, 0.15) is 28.9 Å². The van der Waals surface area contributed by atoms with Gasteiger partial charge in [0.25, 0.3) is 5.91 Å². The summed E-state index contributed by atoms with van der Waals surface area (Å²) < 4.78 is 53.7. The van der Waals surface area contributed by atoms with E-state index in [1.165, 1.54) is 12.1 Å². The van der Waals surface area contributed by atoms with Crippen molar-refractivity contribution < 1.29 is 27.4 Å². The molecule has 182 valence electrons. The van der Waals surface area contributed by atoms with Gasteiger partial charge < -0.3 is 19.3 Å². The van der Waals surface area contributed by atoms with Gasteiger partial charge in [-0.25, -0.2) is 13.2 Å². The van der Waals surface area contributed by atoms with Crippen molar-refractivity contribution >= 4 is 11.6 Å². The van der Waals surface area contributed by atoms with Crippen LogP contribution in [0.25, 0.3) is 0 Å². The summed E-state index contributed by atoms with van der Waals surface area (Å²) >= 11 is 0. The minimum Gasteiger partial charge on any atom is -0.494 e. The van der Waals surface area contributed by atoms with Crippen LogP contribution < -0.4 is 14.4 Å². The van der Waals surface area contributed by atoms with Gasteiger partial charge in [-0.1, -0.05) is 0 Å². The number of piperazine rings is 1. The van der Waals surface area contributed by atoms with Gasteiger partial charge >= 0.3 is 0 Å². The second-order valence-corrected chi connectivity index (χ2v) is 8.92. The molecule has 1 saturated carbocycles. The van der Waals surface area contributed by atoms with Gasteiger partial charge in [0.1, 0.15) is 23.1 Å². The van der Waals surface area contributed by atoms with Crippen molar-refractivity contribution in [3.8, 4) is 17.2 Å². The molecule has 1 aliphatic carbocycles. The summed E-state index contributed by atoms with van der Waals surface area (Å²) in [4.78, 5) is 21.5. The van der Waals surface area contributed by atoms with Crippen LogP contribution in [-0.2, 0) is 0 Å². The molecule has 1 amide bonds. The molecular formula is C26H24F3N3O3. The summed E-state index contributed by atoms with van der Waals surface area (Å²) in [6.45, 7) is 3.29. The van der Waals surface area contributed by atoms with Crippen LogP contribution in [0.5, 0.6) is 17.2 Å². The largest absolute Gasteiger partial charge is 0.494 e. The van der Waals surface area contributed by atoms with Crippen LogP contribution in [0, 0.1) is 24.4 Å². The van der Waals surface area contributed by atoms with Gasteiger partial charge in [-0.3, -0.25) is 9.78 Å². The Hall–Kier alpha value is -3.75. The molecule has 0 unspecified atom stereocenters. The molecule has 2 aromatic carbocycles. The van der Waals surface area contributed by atoms with E-state index < -0.39 is 28.9 Å². The monoisotopic (exact) mass is 483 g/mol. The van der Waals surface area contributed by atoms with Gasteiger partial charge in [-0.15, -0.1) is 0 Å². The second-order valence-electron chi connectivity index (χ2n) is 8.92. The molecule has 1 spiro atoms. The van der Waals surface area contributed by atoms with Crippen LogP contribution in [0.3, 0.4) is 0 Å². The number of amides is 1. The summed E-state index contributed by atoms with van der Waals surface area (Å²) in [5.74, 6) is -2.31. The van der Waals surface area contributed by atoms with E-state index >= 15 is 0 Å². The Morgan fingerprint density at radius 3 is 2.43 bits per heavy atom. The first-order valence-corrected chi connectivity index (χ1v) is 11.3. The van der Waals surface area contributed by atoms with Gasteiger partial charge in [0.15, 0.2) is 11.6 Å². The molecule has 0 atom stereocenters. The predicted octanol–water partition coefficient (Wildman–Crippen LogP) is 5.10. The van der Waals surface area contributed by atoms with Crippen LogP contribution >= 0.6 is 0 Å². The van der Waals surface area contributed by atoms with Gasteiger partial charge in [0, 0.05) is 37.5 Å². The molecule has 35 heavy (non-hydrogen) atoms. The van der Waals surface area contributed by atoms with E-state index in [0.717, 1.165) is 48.5 Å². The molecule has 2 aliphatic rings. The summed E-state index contributed by atoms with van der Waals surface area (Å²) in [5, 5.41) is 0. The molecule has 1 saturated heterocycles. The number of aromatic nitrogens is 1. The van der Waals surface area contributed by atoms with E-state index in [1.807, 2.05) is 13.0 Å². The summed E-state index contributed by atoms with van der Waals surface area (Å²) in [6.07, 6.45) is 3.30. The molecule has 1 aromatic heterocycles. The maximum absolute atomic E-state index is 15.0. The van der Waals surface area contributed by atoms with Crippen molar-refractivity contribution in [2.75, 3.05) is 31.6 Å². The number of carbonyl (C=O) groups excluding carboxylic acids is 1. The van der Waals surface area contributed by atoms with Crippen LogP contribution in [0.4, 0.5) is 18.9 Å². The van der Waals surface area contributed by atoms with Crippen molar-refractivity contribution in [2.24, 2.45) is 0 Å². The molecule has 6 nitrogen and oxygen atoms in total. The van der Waals surface area contributed by atoms with Gasteiger partial charge in [0.2, 0.25) is 0 Å². The molecule has 0 bridgehead atoms. The first kappa shape index (κ1) is 23.0. The Kier molecular flexibility index (Phi) is 5.78. The maximum atomic E-state index is 15.0. The molecule has 3 aromatic rings. The Morgan fingerprint density at radius 1 is 1.00 bits per heavy atom. The van der Waals surface area contributed by atoms with E-state index in [2.05, 4.69) is 9.88 Å². The van der Waals surface area contributed by atoms with E-state index in [9.17, 15) is 18.0 Å². The molecule has 2 fully saturated rings. The molecule has 1 aliphatic heterocycles. The number of nitrogens with zero attached hydrogens (tertiary/aromatic N) is 3. The molecule has 9 heteroatoms. The standard InChI is InChI=1S/C26H24F3N3O3/c1-16-11-24(34-2)22(14-30-16)31-9-10-32(26(15-31)7-8-26)25(33)19-12-21(29)23(13-20(19)28)35-18-5-3-17(27)4-6-18/h3-6,11-14H,7-10,15H2,1-2H3. The number of carbonyl (C=O) groups is 1. The fourth-order valence-electron chi connectivity index (χ4n) is 4.55. The van der Waals surface area contributed by atoms with Crippen LogP contribution in [0.2, 0.25) is 0 Å². The van der Waals surface area contributed by atoms with E-state index in [4.69, 9.17) is 9.47 Å². The quantitative estimate of drug-likeness (QED) is 0.505. The number of hydrogen-bond acceptors (Lipinski definition) is 5. The number of benzene rings is 2. The third-order valence-corrected chi connectivity index (χ3v) is 6.56. The summed E-state index contributed by atoms with van der Waals surface area (Å²) in [7, 11) is 1.60. The zero-order valence-corrected chi connectivity index (χ0v) is 19.4. The highest BCUT2D eigenvalue weighted by Crippen LogP contribution is 2.47. The lowest BCUT2D eigenvalue weighted by atomic mass is 10.1. The van der Waals surface area contributed by atoms with Gasteiger partial charge in [-0.2, -0.15) is 0 Å². The zero-order valence-electron chi connectivity index (χ0n) is 19.4. The molecule has 0 radical (unpaired) electrons. The Labute approximate surface area is 200 Å². The highest BCUT2D eigenvalue weighted by molar-refractivity contribution is 5.95. The summed E-state index contributed by atoms with van der Waals surface area (Å²) in [5.41, 5.74) is 0.890. The highest BCUT2D eigenvalue weighted by atomic mass is 19.1. The average Bonchev–Trinajstić information content (AvgIpc) is 3.61. The highest BCUT2D eigenvalue weighted by Gasteiger charge is 2.54. The number of aryl methyl sites for hydroxylation is 1. The molecular weight excluding hydrogens is 459 g/mol. The van der Waals surface area contributed by atoms with Gasteiger partial charge in [-0.05, 0) is 50.1 Å². The third-order valence-electron chi connectivity index (χ3n) is 6.56. The molecule has 0 N–H and O–H groups in total. The zero-order chi connectivity index (χ0) is 24.7. The minimum absolute atomic E-state index is 0.151. The van der Waals surface area contributed by atoms with Crippen LogP contribution in [0.15, 0.2) is 48.7 Å².